The van der Waals surface area contributed by atoms with E-state index in [1.165, 1.54) is 12.8 Å². The molecule has 1 aromatic carbocycles. The number of carbonyl (C=O) groups is 1. The van der Waals surface area contributed by atoms with Crippen LogP contribution >= 0.6 is 0 Å². The number of aromatic nitrogens is 2. The van der Waals surface area contributed by atoms with Crippen molar-refractivity contribution in [3.63, 3.8) is 0 Å². The first-order valence-electron chi connectivity index (χ1n) is 11.5. The maximum Gasteiger partial charge on any atom is 0.306 e. The zero-order valence-corrected chi connectivity index (χ0v) is 19.1. The van der Waals surface area contributed by atoms with Gasteiger partial charge in [-0.05, 0) is 42.7 Å². The van der Waals surface area contributed by atoms with Gasteiger partial charge in [-0.2, -0.15) is 0 Å². The molecule has 0 aliphatic rings. The van der Waals surface area contributed by atoms with Crippen molar-refractivity contribution in [1.29, 1.82) is 0 Å². The van der Waals surface area contributed by atoms with Gasteiger partial charge in [-0.1, -0.05) is 77.3 Å². The highest BCUT2D eigenvalue weighted by atomic mass is 16.5. The predicted molar refractivity (Wildman–Crippen MR) is 122 cm³/mol. The monoisotopic (exact) mass is 410 g/mol. The highest BCUT2D eigenvalue weighted by molar-refractivity contribution is 5.69. The molecule has 0 N–H and O–H groups in total. The van der Waals surface area contributed by atoms with E-state index in [0.717, 1.165) is 42.8 Å². The Bertz CT molecular complexity index is 746. The van der Waals surface area contributed by atoms with Gasteiger partial charge in [-0.15, -0.1) is 0 Å². The van der Waals surface area contributed by atoms with Crippen LogP contribution in [-0.2, 0) is 22.6 Å². The second-order valence-corrected chi connectivity index (χ2v) is 8.77. The molecule has 0 unspecified atom stereocenters. The lowest BCUT2D eigenvalue weighted by Crippen LogP contribution is -2.19. The summed E-state index contributed by atoms with van der Waals surface area (Å²) in [5.74, 6) is 1.64. The Morgan fingerprint density at radius 1 is 1.03 bits per heavy atom. The third-order valence-electron chi connectivity index (χ3n) is 5.57. The minimum Gasteiger partial charge on any atom is -0.461 e. The fourth-order valence-corrected chi connectivity index (χ4v) is 3.67. The summed E-state index contributed by atoms with van der Waals surface area (Å²) in [6, 6.07) is 11.8. The van der Waals surface area contributed by atoms with Crippen LogP contribution in [0.4, 0.5) is 0 Å². The van der Waals surface area contributed by atoms with E-state index in [9.17, 15) is 4.79 Å². The van der Waals surface area contributed by atoms with Crippen LogP contribution in [0.15, 0.2) is 42.6 Å². The quantitative estimate of drug-likeness (QED) is 0.279. The maximum absolute atomic E-state index is 12.5. The molecule has 1 aromatic heterocycles. The van der Waals surface area contributed by atoms with Crippen LogP contribution in [0.1, 0.15) is 89.2 Å². The van der Waals surface area contributed by atoms with E-state index >= 15 is 0 Å². The lowest BCUT2D eigenvalue weighted by Gasteiger charge is -2.23. The first-order valence-corrected chi connectivity index (χ1v) is 11.5. The van der Waals surface area contributed by atoms with Gasteiger partial charge in [-0.25, -0.2) is 9.97 Å². The minimum absolute atomic E-state index is 0.137. The van der Waals surface area contributed by atoms with Crippen LogP contribution < -0.4 is 0 Å². The number of rotatable bonds is 13. The molecule has 0 saturated heterocycles. The van der Waals surface area contributed by atoms with Crippen molar-refractivity contribution in [2.75, 3.05) is 0 Å². The van der Waals surface area contributed by atoms with Crippen molar-refractivity contribution >= 4 is 5.97 Å². The molecule has 4 heteroatoms. The van der Waals surface area contributed by atoms with E-state index in [1.54, 1.807) is 0 Å². The molecule has 164 valence electrons. The zero-order chi connectivity index (χ0) is 21.8. The number of esters is 1. The fourth-order valence-electron chi connectivity index (χ4n) is 3.67. The molecule has 0 radical (unpaired) electrons. The predicted octanol–water partition coefficient (Wildman–Crippen LogP) is 6.50. The summed E-state index contributed by atoms with van der Waals surface area (Å²) >= 11 is 0. The van der Waals surface area contributed by atoms with Crippen molar-refractivity contribution in [1.82, 2.24) is 9.97 Å². The van der Waals surface area contributed by atoms with Crippen LogP contribution in [-0.4, -0.2) is 15.9 Å². The summed E-state index contributed by atoms with van der Waals surface area (Å²) < 4.78 is 5.52. The molecule has 2 rings (SSSR count). The Kier molecular flexibility index (Phi) is 10.5. The number of aryl methyl sites for hydroxylation is 1. The first-order chi connectivity index (χ1) is 14.5. The number of hydrogen-bond donors (Lipinski definition) is 0. The number of carbonyl (C=O) groups excluding carboxylic acids is 1. The van der Waals surface area contributed by atoms with Crippen molar-refractivity contribution in [2.45, 2.75) is 85.2 Å². The number of nitrogens with zero attached hydrogens (tertiary/aromatic N) is 2. The Morgan fingerprint density at radius 3 is 2.50 bits per heavy atom. The Labute approximate surface area is 182 Å². The van der Waals surface area contributed by atoms with Crippen LogP contribution in [0.3, 0.4) is 0 Å². The zero-order valence-electron chi connectivity index (χ0n) is 19.1. The van der Waals surface area contributed by atoms with Crippen LogP contribution in [0, 0.1) is 11.8 Å². The summed E-state index contributed by atoms with van der Waals surface area (Å²) in [5, 5.41) is 0. The average Bonchev–Trinajstić information content (AvgIpc) is 2.73. The van der Waals surface area contributed by atoms with Gasteiger partial charge in [0.2, 0.25) is 0 Å². The van der Waals surface area contributed by atoms with E-state index in [-0.39, 0.29) is 17.8 Å². The molecule has 0 saturated carbocycles. The molecule has 0 amide bonds. The second-order valence-electron chi connectivity index (χ2n) is 8.77. The van der Waals surface area contributed by atoms with Crippen molar-refractivity contribution < 1.29 is 9.53 Å². The van der Waals surface area contributed by atoms with Crippen molar-refractivity contribution in [3.8, 4) is 0 Å². The molecule has 0 spiro atoms. The smallest absolute Gasteiger partial charge is 0.306 e. The summed E-state index contributed by atoms with van der Waals surface area (Å²) in [4.78, 5) is 22.0. The number of hydrogen-bond acceptors (Lipinski definition) is 4. The van der Waals surface area contributed by atoms with Gasteiger partial charge in [0.25, 0.3) is 0 Å². The molecule has 4 nitrogen and oxygen atoms in total. The van der Waals surface area contributed by atoms with Gasteiger partial charge in [0, 0.05) is 24.2 Å². The molecule has 0 aliphatic carbocycles. The van der Waals surface area contributed by atoms with Crippen LogP contribution in [0.5, 0.6) is 0 Å². The Morgan fingerprint density at radius 2 is 1.80 bits per heavy atom. The molecule has 2 atom stereocenters. The lowest BCUT2D eigenvalue weighted by molar-refractivity contribution is -0.146. The first kappa shape index (κ1) is 24.0. The molecule has 30 heavy (non-hydrogen) atoms. The molecule has 0 bridgehead atoms. The van der Waals surface area contributed by atoms with Crippen molar-refractivity contribution in [3.05, 3.63) is 59.7 Å². The normalized spacial score (nSPS) is 13.2. The standard InChI is InChI=1S/C26H38N2O2/c1-5-6-8-13-23-16-17-27-26(28-23)24(15-14-20(2)3)21(4)18-25(29)30-19-22-11-9-7-10-12-22/h7,9-12,16-17,20-21,24H,5-6,8,13-15,18-19H2,1-4H3/t21-,24-/m0/s1. The lowest BCUT2D eigenvalue weighted by atomic mass is 9.85. The Hall–Kier alpha value is -2.23. The third-order valence-corrected chi connectivity index (χ3v) is 5.57. The van der Waals surface area contributed by atoms with E-state index in [1.807, 2.05) is 42.6 Å². The van der Waals surface area contributed by atoms with E-state index in [4.69, 9.17) is 9.72 Å². The largest absolute Gasteiger partial charge is 0.461 e. The fraction of sp³-hybridized carbons (Fsp3) is 0.577. The van der Waals surface area contributed by atoms with Gasteiger partial charge < -0.3 is 4.74 Å². The molecule has 1 heterocycles. The second kappa shape index (κ2) is 13.1. The summed E-state index contributed by atoms with van der Waals surface area (Å²) in [6.45, 7) is 9.13. The average molecular weight is 411 g/mol. The molecular formula is C26H38N2O2. The topological polar surface area (TPSA) is 52.1 Å². The number of unbranched alkanes of at least 4 members (excludes halogenated alkanes) is 2. The van der Waals surface area contributed by atoms with Crippen LogP contribution in [0.25, 0.3) is 0 Å². The Balaban J connectivity index is 2.01. The van der Waals surface area contributed by atoms with Gasteiger partial charge >= 0.3 is 5.97 Å². The van der Waals surface area contributed by atoms with E-state index < -0.39 is 0 Å². The highest BCUT2D eigenvalue weighted by Gasteiger charge is 2.25. The SMILES string of the molecule is CCCCCc1ccnc([C@@H](CCC(C)C)[C@@H](C)CC(=O)OCc2ccccc2)n1. The number of benzene rings is 1. The highest BCUT2D eigenvalue weighted by Crippen LogP contribution is 2.31. The van der Waals surface area contributed by atoms with E-state index in [2.05, 4.69) is 32.7 Å². The van der Waals surface area contributed by atoms with Gasteiger partial charge in [-0.3, -0.25) is 4.79 Å². The minimum atomic E-state index is -0.153. The summed E-state index contributed by atoms with van der Waals surface area (Å²) in [6.07, 6.45) is 8.93. The van der Waals surface area contributed by atoms with E-state index in [0.29, 0.717) is 18.9 Å². The molecule has 2 aromatic rings. The van der Waals surface area contributed by atoms with Crippen molar-refractivity contribution in [2.24, 2.45) is 11.8 Å². The number of ether oxygens (including phenoxy) is 1. The van der Waals surface area contributed by atoms with Gasteiger partial charge in [0.1, 0.15) is 12.4 Å². The third kappa shape index (κ3) is 8.64. The maximum atomic E-state index is 12.5. The van der Waals surface area contributed by atoms with Gasteiger partial charge in [0.05, 0.1) is 0 Å². The molecule has 0 fully saturated rings. The molecule has 0 aliphatic heterocycles. The summed E-state index contributed by atoms with van der Waals surface area (Å²) in [5.41, 5.74) is 2.12. The van der Waals surface area contributed by atoms with Crippen LogP contribution in [0.2, 0.25) is 0 Å². The summed E-state index contributed by atoms with van der Waals surface area (Å²) in [7, 11) is 0. The molecular weight excluding hydrogens is 372 g/mol. The van der Waals surface area contributed by atoms with Gasteiger partial charge in [0.15, 0.2) is 0 Å².